The monoisotopic (exact) mass is 314 g/mol. The van der Waals surface area contributed by atoms with E-state index in [4.69, 9.17) is 9.57 Å². The lowest BCUT2D eigenvalue weighted by atomic mass is 10.0. The van der Waals surface area contributed by atoms with Crippen LogP contribution in [0.3, 0.4) is 0 Å². The fraction of sp³-hybridized carbons (Fsp3) is 0.556. The van der Waals surface area contributed by atoms with Gasteiger partial charge in [-0.3, -0.25) is 4.79 Å². The van der Waals surface area contributed by atoms with Crippen molar-refractivity contribution >= 4 is 11.6 Å². The van der Waals surface area contributed by atoms with Crippen molar-refractivity contribution < 1.29 is 14.4 Å². The molecule has 1 saturated heterocycles. The van der Waals surface area contributed by atoms with Crippen LogP contribution in [0.15, 0.2) is 35.5 Å². The average molecular weight is 314 g/mol. The van der Waals surface area contributed by atoms with E-state index in [2.05, 4.69) is 5.16 Å². The van der Waals surface area contributed by atoms with Crippen LogP contribution in [0.5, 0.6) is 0 Å². The number of ether oxygens (including phenoxy) is 1. The van der Waals surface area contributed by atoms with Crippen molar-refractivity contribution in [1.29, 1.82) is 0 Å². The van der Waals surface area contributed by atoms with Gasteiger partial charge in [-0.15, -0.1) is 0 Å². The van der Waals surface area contributed by atoms with E-state index in [1.807, 2.05) is 35.2 Å². The van der Waals surface area contributed by atoms with E-state index in [-0.39, 0.29) is 24.2 Å². The number of rotatable bonds is 2. The molecule has 1 aliphatic carbocycles. The number of fused-ring (bicyclic) bond motifs is 1. The highest BCUT2D eigenvalue weighted by Gasteiger charge is 2.40. The molecule has 2 fully saturated rings. The van der Waals surface area contributed by atoms with Crippen LogP contribution in [0.4, 0.5) is 0 Å². The molecule has 1 saturated carbocycles. The molecule has 1 aromatic rings. The maximum Gasteiger partial charge on any atom is 0.272 e. The molecule has 3 aliphatic rings. The van der Waals surface area contributed by atoms with Crippen LogP contribution in [0.25, 0.3) is 0 Å². The molecule has 1 aromatic carbocycles. The SMILES string of the molecule is O=C(C1=NOC(c2ccccc2)C1)N1CCCOC2CCCC21. The van der Waals surface area contributed by atoms with E-state index < -0.39 is 0 Å². The lowest BCUT2D eigenvalue weighted by molar-refractivity contribution is -0.127. The van der Waals surface area contributed by atoms with Crippen LogP contribution in [-0.2, 0) is 14.4 Å². The lowest BCUT2D eigenvalue weighted by Crippen LogP contribution is -2.46. The Morgan fingerprint density at radius 1 is 1.17 bits per heavy atom. The summed E-state index contributed by atoms with van der Waals surface area (Å²) in [6.45, 7) is 1.51. The van der Waals surface area contributed by atoms with Crippen molar-refractivity contribution in [3.63, 3.8) is 0 Å². The smallest absolute Gasteiger partial charge is 0.272 e. The Morgan fingerprint density at radius 2 is 2.04 bits per heavy atom. The third kappa shape index (κ3) is 2.85. The number of amides is 1. The fourth-order valence-electron chi connectivity index (χ4n) is 3.86. The number of hydrogen-bond donors (Lipinski definition) is 0. The number of carbonyl (C=O) groups excluding carboxylic acids is 1. The minimum absolute atomic E-state index is 0.0332. The number of carbonyl (C=O) groups is 1. The Labute approximate surface area is 136 Å². The van der Waals surface area contributed by atoms with E-state index in [1.165, 1.54) is 0 Å². The summed E-state index contributed by atoms with van der Waals surface area (Å²) in [6, 6.07) is 10.2. The van der Waals surface area contributed by atoms with Gasteiger partial charge in [-0.1, -0.05) is 35.5 Å². The van der Waals surface area contributed by atoms with Gasteiger partial charge in [-0.05, 0) is 31.2 Å². The van der Waals surface area contributed by atoms with Gasteiger partial charge in [0, 0.05) is 19.6 Å². The van der Waals surface area contributed by atoms with Gasteiger partial charge in [-0.2, -0.15) is 0 Å². The van der Waals surface area contributed by atoms with Gasteiger partial charge in [-0.25, -0.2) is 0 Å². The molecule has 0 bridgehead atoms. The van der Waals surface area contributed by atoms with Gasteiger partial charge in [0.15, 0.2) is 6.10 Å². The molecule has 0 N–H and O–H groups in total. The molecule has 3 unspecified atom stereocenters. The maximum atomic E-state index is 12.9. The van der Waals surface area contributed by atoms with Crippen molar-refractivity contribution in [2.24, 2.45) is 5.16 Å². The largest absolute Gasteiger partial charge is 0.387 e. The molecule has 1 amide bonds. The van der Waals surface area contributed by atoms with Gasteiger partial charge < -0.3 is 14.5 Å². The van der Waals surface area contributed by atoms with Gasteiger partial charge in [0.2, 0.25) is 0 Å². The first-order chi connectivity index (χ1) is 11.3. The van der Waals surface area contributed by atoms with Gasteiger partial charge in [0.1, 0.15) is 5.71 Å². The summed E-state index contributed by atoms with van der Waals surface area (Å²) in [5.74, 6) is 0.0332. The Hall–Kier alpha value is -1.88. The summed E-state index contributed by atoms with van der Waals surface area (Å²) in [6.07, 6.45) is 4.74. The van der Waals surface area contributed by atoms with Crippen LogP contribution in [-0.4, -0.2) is 41.8 Å². The molecule has 5 heteroatoms. The van der Waals surface area contributed by atoms with Crippen LogP contribution >= 0.6 is 0 Å². The first kappa shape index (κ1) is 14.7. The zero-order valence-corrected chi connectivity index (χ0v) is 13.2. The summed E-state index contributed by atoms with van der Waals surface area (Å²) in [5.41, 5.74) is 1.61. The predicted molar refractivity (Wildman–Crippen MR) is 86.0 cm³/mol. The normalized spacial score (nSPS) is 30.3. The van der Waals surface area contributed by atoms with Crippen LogP contribution in [0.2, 0.25) is 0 Å². The molecule has 0 aromatic heterocycles. The Morgan fingerprint density at radius 3 is 2.91 bits per heavy atom. The molecule has 5 nitrogen and oxygen atoms in total. The molecule has 0 radical (unpaired) electrons. The van der Waals surface area contributed by atoms with Crippen LogP contribution < -0.4 is 0 Å². The third-order valence-corrected chi connectivity index (χ3v) is 5.04. The summed E-state index contributed by atoms with van der Waals surface area (Å²) >= 11 is 0. The second-order valence-corrected chi connectivity index (χ2v) is 6.51. The zero-order chi connectivity index (χ0) is 15.6. The summed E-state index contributed by atoms with van der Waals surface area (Å²) in [4.78, 5) is 20.4. The minimum Gasteiger partial charge on any atom is -0.387 e. The maximum absolute atomic E-state index is 12.9. The van der Waals surface area contributed by atoms with Crippen molar-refractivity contribution in [3.05, 3.63) is 35.9 Å². The Kier molecular flexibility index (Phi) is 4.04. The molecule has 0 spiro atoms. The van der Waals surface area contributed by atoms with E-state index in [0.29, 0.717) is 12.1 Å². The second kappa shape index (κ2) is 6.32. The van der Waals surface area contributed by atoms with Gasteiger partial charge in [0.25, 0.3) is 5.91 Å². The van der Waals surface area contributed by atoms with Gasteiger partial charge in [0.05, 0.1) is 12.1 Å². The fourth-order valence-corrected chi connectivity index (χ4v) is 3.86. The first-order valence-corrected chi connectivity index (χ1v) is 8.53. The molecule has 2 heterocycles. The highest BCUT2D eigenvalue weighted by molar-refractivity contribution is 6.39. The minimum atomic E-state index is -0.141. The molecular formula is C18H22N2O3. The summed E-state index contributed by atoms with van der Waals surface area (Å²) in [5, 5.41) is 4.10. The number of oxime groups is 1. The summed E-state index contributed by atoms with van der Waals surface area (Å²) in [7, 11) is 0. The quantitative estimate of drug-likeness (QED) is 0.843. The van der Waals surface area contributed by atoms with Gasteiger partial charge >= 0.3 is 0 Å². The number of benzene rings is 1. The Balaban J connectivity index is 1.46. The van der Waals surface area contributed by atoms with E-state index in [9.17, 15) is 4.79 Å². The molecule has 3 atom stereocenters. The Bertz CT molecular complexity index is 602. The lowest BCUT2D eigenvalue weighted by Gasteiger charge is -2.29. The number of nitrogens with zero attached hydrogens (tertiary/aromatic N) is 2. The number of hydrogen-bond acceptors (Lipinski definition) is 4. The highest BCUT2D eigenvalue weighted by atomic mass is 16.6. The second-order valence-electron chi connectivity index (χ2n) is 6.51. The van der Waals surface area contributed by atoms with E-state index >= 15 is 0 Å². The molecular weight excluding hydrogens is 292 g/mol. The third-order valence-electron chi connectivity index (χ3n) is 5.04. The average Bonchev–Trinajstić information content (AvgIpc) is 3.21. The highest BCUT2D eigenvalue weighted by Crippen LogP contribution is 2.32. The van der Waals surface area contributed by atoms with Crippen LogP contribution in [0.1, 0.15) is 43.8 Å². The molecule has 2 aliphatic heterocycles. The topological polar surface area (TPSA) is 51.1 Å². The first-order valence-electron chi connectivity index (χ1n) is 8.53. The van der Waals surface area contributed by atoms with Crippen molar-refractivity contribution in [1.82, 2.24) is 4.90 Å². The predicted octanol–water partition coefficient (Wildman–Crippen LogP) is 2.67. The molecule has 23 heavy (non-hydrogen) atoms. The van der Waals surface area contributed by atoms with Crippen molar-refractivity contribution in [2.45, 2.75) is 50.4 Å². The zero-order valence-electron chi connectivity index (χ0n) is 13.2. The van der Waals surface area contributed by atoms with E-state index in [0.717, 1.165) is 44.4 Å². The van der Waals surface area contributed by atoms with E-state index in [1.54, 1.807) is 0 Å². The molecule has 122 valence electrons. The van der Waals surface area contributed by atoms with Crippen molar-refractivity contribution in [3.8, 4) is 0 Å². The van der Waals surface area contributed by atoms with Crippen LogP contribution in [0, 0.1) is 0 Å². The van der Waals surface area contributed by atoms with Crippen molar-refractivity contribution in [2.75, 3.05) is 13.2 Å². The summed E-state index contributed by atoms with van der Waals surface area (Å²) < 4.78 is 5.90. The molecule has 4 rings (SSSR count). The standard InChI is InChI=1S/C18H22N2O3/c21-18(20-10-5-11-22-16-9-4-8-15(16)20)14-12-17(23-19-14)13-6-2-1-3-7-13/h1-3,6-7,15-17H,4-5,8-12H2.